The summed E-state index contributed by atoms with van der Waals surface area (Å²) in [5, 5.41) is 0. The Kier molecular flexibility index (Phi) is 10.8. The summed E-state index contributed by atoms with van der Waals surface area (Å²) in [5.41, 5.74) is 3.45. The van der Waals surface area contributed by atoms with Crippen molar-refractivity contribution in [1.82, 2.24) is 4.98 Å². The van der Waals surface area contributed by atoms with Crippen LogP contribution in [0.3, 0.4) is 0 Å². The molecule has 1 aromatic carbocycles. The Balaban J connectivity index is 1.72. The van der Waals surface area contributed by atoms with Crippen molar-refractivity contribution in [1.29, 1.82) is 0 Å². The second-order valence-electron chi connectivity index (χ2n) is 7.33. The first-order chi connectivity index (χ1) is 14.2. The molecule has 29 heavy (non-hydrogen) atoms. The number of hydrogen-bond acceptors (Lipinski definition) is 3. The minimum Gasteiger partial charge on any atom is -0.473 e. The van der Waals surface area contributed by atoms with Crippen LogP contribution >= 0.6 is 0 Å². The lowest BCUT2D eigenvalue weighted by molar-refractivity contribution is 0.0566. The summed E-state index contributed by atoms with van der Waals surface area (Å²) in [6.07, 6.45) is 15.4. The molecule has 0 saturated carbocycles. The molecule has 0 aliphatic carbocycles. The van der Waals surface area contributed by atoms with Crippen molar-refractivity contribution in [2.75, 3.05) is 13.2 Å². The molecule has 3 nitrogen and oxygen atoms in total. The minimum absolute atomic E-state index is 0.363. The molecule has 1 heterocycles. The predicted molar refractivity (Wildman–Crippen MR) is 123 cm³/mol. The molecular weight excluding hydrogens is 358 g/mol. The van der Waals surface area contributed by atoms with Gasteiger partial charge in [0, 0.05) is 24.4 Å². The number of pyridine rings is 1. The molecule has 0 bridgehead atoms. The highest BCUT2D eigenvalue weighted by Crippen LogP contribution is 2.21. The molecule has 0 saturated heterocycles. The van der Waals surface area contributed by atoms with Gasteiger partial charge in [0.1, 0.15) is 6.61 Å². The molecule has 0 amide bonds. The number of aromatic nitrogens is 1. The summed E-state index contributed by atoms with van der Waals surface area (Å²) in [6.45, 7) is 9.41. The molecule has 156 valence electrons. The standard InChI is InChI=1S/C26H35NO2/c1-4-6-10-20-28-22(3)11-8-7-9-12-23-13-15-24(16-14-23)25-17-18-26(27-21-25)29-19-5-2/h5,9,12-18,21-22H,2,4,6-8,10-11,19-20H2,1,3H3. The molecule has 1 atom stereocenters. The van der Waals surface area contributed by atoms with Gasteiger partial charge in [-0.2, -0.15) is 0 Å². The van der Waals surface area contributed by atoms with Gasteiger partial charge in [0.2, 0.25) is 5.88 Å². The first-order valence-electron chi connectivity index (χ1n) is 10.8. The second-order valence-corrected chi connectivity index (χ2v) is 7.33. The van der Waals surface area contributed by atoms with Crippen molar-refractivity contribution >= 4 is 6.08 Å². The van der Waals surface area contributed by atoms with E-state index in [1.165, 1.54) is 24.8 Å². The number of nitrogens with zero attached hydrogens (tertiary/aromatic N) is 1. The molecule has 1 unspecified atom stereocenters. The largest absolute Gasteiger partial charge is 0.473 e. The maximum atomic E-state index is 5.85. The average Bonchev–Trinajstić information content (AvgIpc) is 2.76. The van der Waals surface area contributed by atoms with Gasteiger partial charge in [-0.3, -0.25) is 0 Å². The maximum absolute atomic E-state index is 5.85. The summed E-state index contributed by atoms with van der Waals surface area (Å²) < 4.78 is 11.3. The molecule has 1 aromatic heterocycles. The number of hydrogen-bond donors (Lipinski definition) is 0. The highest BCUT2D eigenvalue weighted by Gasteiger charge is 2.01. The van der Waals surface area contributed by atoms with Gasteiger partial charge in [-0.05, 0) is 49.8 Å². The Morgan fingerprint density at radius 3 is 2.52 bits per heavy atom. The van der Waals surface area contributed by atoms with Crippen LogP contribution in [0.25, 0.3) is 17.2 Å². The Morgan fingerprint density at radius 1 is 1.03 bits per heavy atom. The van der Waals surface area contributed by atoms with Crippen molar-refractivity contribution in [3.05, 3.63) is 66.9 Å². The first kappa shape index (κ1) is 22.9. The van der Waals surface area contributed by atoms with E-state index in [0.29, 0.717) is 18.6 Å². The van der Waals surface area contributed by atoms with E-state index in [1.807, 2.05) is 18.3 Å². The topological polar surface area (TPSA) is 31.4 Å². The maximum Gasteiger partial charge on any atom is 0.213 e. The van der Waals surface area contributed by atoms with E-state index in [9.17, 15) is 0 Å². The van der Waals surface area contributed by atoms with Crippen molar-refractivity contribution in [3.8, 4) is 17.0 Å². The first-order valence-corrected chi connectivity index (χ1v) is 10.8. The monoisotopic (exact) mass is 393 g/mol. The van der Waals surface area contributed by atoms with Crippen LogP contribution in [0.5, 0.6) is 5.88 Å². The second kappa shape index (κ2) is 13.7. The zero-order chi connectivity index (χ0) is 20.7. The van der Waals surface area contributed by atoms with Crippen molar-refractivity contribution in [2.24, 2.45) is 0 Å². The number of rotatable bonds is 14. The van der Waals surface area contributed by atoms with E-state index in [-0.39, 0.29) is 0 Å². The fourth-order valence-corrected chi connectivity index (χ4v) is 3.03. The molecule has 3 heteroatoms. The summed E-state index contributed by atoms with van der Waals surface area (Å²) >= 11 is 0. The van der Waals surface area contributed by atoms with Crippen LogP contribution in [0, 0.1) is 0 Å². The lowest BCUT2D eigenvalue weighted by atomic mass is 10.0. The number of allylic oxidation sites excluding steroid dienone is 1. The normalized spacial score (nSPS) is 12.2. The zero-order valence-corrected chi connectivity index (χ0v) is 18.0. The van der Waals surface area contributed by atoms with Gasteiger partial charge in [0.15, 0.2) is 0 Å². The molecule has 0 aliphatic rings. The van der Waals surface area contributed by atoms with Gasteiger partial charge in [0.05, 0.1) is 6.10 Å². The highest BCUT2D eigenvalue weighted by molar-refractivity contribution is 5.65. The Bertz CT molecular complexity index is 719. The third kappa shape index (κ3) is 9.10. The van der Waals surface area contributed by atoms with Gasteiger partial charge >= 0.3 is 0 Å². The molecule has 0 N–H and O–H groups in total. The van der Waals surface area contributed by atoms with Gasteiger partial charge < -0.3 is 9.47 Å². The third-order valence-electron chi connectivity index (χ3n) is 4.77. The molecule has 2 aromatic rings. The van der Waals surface area contributed by atoms with Crippen LogP contribution < -0.4 is 4.74 Å². The van der Waals surface area contributed by atoms with Crippen LogP contribution in [-0.4, -0.2) is 24.3 Å². The molecule has 0 radical (unpaired) electrons. The summed E-state index contributed by atoms with van der Waals surface area (Å²) in [5.74, 6) is 0.619. The lowest BCUT2D eigenvalue weighted by Crippen LogP contribution is -2.08. The highest BCUT2D eigenvalue weighted by atomic mass is 16.5. The van der Waals surface area contributed by atoms with Crippen LogP contribution in [0.1, 0.15) is 57.9 Å². The Labute approximate surface area is 176 Å². The van der Waals surface area contributed by atoms with Gasteiger partial charge in [-0.15, -0.1) is 0 Å². The van der Waals surface area contributed by atoms with Crippen molar-refractivity contribution in [2.45, 2.75) is 58.5 Å². The summed E-state index contributed by atoms with van der Waals surface area (Å²) in [7, 11) is 0. The van der Waals surface area contributed by atoms with E-state index in [4.69, 9.17) is 9.47 Å². The molecule has 0 fully saturated rings. The molecular formula is C26H35NO2. The predicted octanol–water partition coefficient (Wildman–Crippen LogP) is 7.09. The number of unbranched alkanes of at least 4 members (excludes halogenated alkanes) is 3. The van der Waals surface area contributed by atoms with Crippen molar-refractivity contribution < 1.29 is 9.47 Å². The van der Waals surface area contributed by atoms with Crippen molar-refractivity contribution in [3.63, 3.8) is 0 Å². The van der Waals surface area contributed by atoms with E-state index in [0.717, 1.165) is 37.0 Å². The SMILES string of the molecule is C=CCOc1ccc(-c2ccc(C=CCCCC(C)OCCCCC)cc2)cn1. The van der Waals surface area contributed by atoms with Gasteiger partial charge in [0.25, 0.3) is 0 Å². The third-order valence-corrected chi connectivity index (χ3v) is 4.77. The quantitative estimate of drug-likeness (QED) is 0.253. The van der Waals surface area contributed by atoms with E-state index in [1.54, 1.807) is 6.08 Å². The lowest BCUT2D eigenvalue weighted by Gasteiger charge is -2.12. The molecule has 0 aliphatic heterocycles. The smallest absolute Gasteiger partial charge is 0.213 e. The Hall–Kier alpha value is -2.39. The van der Waals surface area contributed by atoms with Gasteiger partial charge in [-0.1, -0.05) is 68.8 Å². The summed E-state index contributed by atoms with van der Waals surface area (Å²) in [4.78, 5) is 4.33. The summed E-state index contributed by atoms with van der Waals surface area (Å²) in [6, 6.07) is 12.5. The fraction of sp³-hybridized carbons (Fsp3) is 0.423. The van der Waals surface area contributed by atoms with Gasteiger partial charge in [-0.25, -0.2) is 4.98 Å². The molecule has 2 rings (SSSR count). The zero-order valence-electron chi connectivity index (χ0n) is 18.0. The van der Waals surface area contributed by atoms with Crippen LogP contribution in [-0.2, 0) is 4.74 Å². The Morgan fingerprint density at radius 2 is 1.83 bits per heavy atom. The minimum atomic E-state index is 0.363. The van der Waals surface area contributed by atoms with Crippen LogP contribution in [0.4, 0.5) is 0 Å². The van der Waals surface area contributed by atoms with Crippen LogP contribution in [0.15, 0.2) is 61.3 Å². The average molecular weight is 394 g/mol. The molecule has 0 spiro atoms. The van der Waals surface area contributed by atoms with E-state index < -0.39 is 0 Å². The van der Waals surface area contributed by atoms with Crippen LogP contribution in [0.2, 0.25) is 0 Å². The fourth-order valence-electron chi connectivity index (χ4n) is 3.03. The number of ether oxygens (including phenoxy) is 2. The van der Waals surface area contributed by atoms with E-state index >= 15 is 0 Å². The number of benzene rings is 1. The van der Waals surface area contributed by atoms with E-state index in [2.05, 4.69) is 61.8 Å².